The molecule has 2 aromatic rings. The fourth-order valence-electron chi connectivity index (χ4n) is 2.00. The number of azo groups is 2. The Bertz CT molecular complexity index is 1140. The van der Waals surface area contributed by atoms with Gasteiger partial charge >= 0.3 is 0 Å². The third-order valence-electron chi connectivity index (χ3n) is 3.33. The Labute approximate surface area is 179 Å². The van der Waals surface area contributed by atoms with Gasteiger partial charge in [-0.05, 0) is 49.4 Å². The molecule has 0 aliphatic rings. The van der Waals surface area contributed by atoms with E-state index in [9.17, 15) is 22.9 Å². The molecule has 1 amide bonds. The van der Waals surface area contributed by atoms with Gasteiger partial charge in [-0.2, -0.15) is 18.6 Å². The van der Waals surface area contributed by atoms with Gasteiger partial charge in [0.1, 0.15) is 16.3 Å². The van der Waals surface area contributed by atoms with Gasteiger partial charge in [-0.3, -0.25) is 9.35 Å². The van der Waals surface area contributed by atoms with E-state index in [1.165, 1.54) is 6.07 Å². The van der Waals surface area contributed by atoms with Crippen molar-refractivity contribution in [3.05, 3.63) is 53.9 Å². The quantitative estimate of drug-likeness (QED) is 0.0790. The molecule has 13 nitrogen and oxygen atoms in total. The molecule has 5 N–H and O–H groups in total. The molecule has 0 atom stereocenters. The second-order valence-corrected chi connectivity index (χ2v) is 7.71. The SMILES string of the molecule is C/C(O)=C(/N=Nc1ccc(N=Nc2ccc(SOOO)cc2)cc1S(=O)(=O)O)C(N)=O. The van der Waals surface area contributed by atoms with Crippen molar-refractivity contribution in [2.75, 3.05) is 0 Å². The third kappa shape index (κ3) is 7.21. The van der Waals surface area contributed by atoms with Crippen molar-refractivity contribution in [2.24, 2.45) is 26.2 Å². The molecule has 15 heteroatoms. The molecule has 0 fully saturated rings. The predicted molar refractivity (Wildman–Crippen MR) is 107 cm³/mol. The molecule has 0 saturated heterocycles. The van der Waals surface area contributed by atoms with E-state index in [0.717, 1.165) is 31.1 Å². The van der Waals surface area contributed by atoms with Crippen molar-refractivity contribution in [1.82, 2.24) is 0 Å². The summed E-state index contributed by atoms with van der Waals surface area (Å²) in [4.78, 5) is 11.2. The zero-order chi connectivity index (χ0) is 23.0. The smallest absolute Gasteiger partial charge is 0.296 e. The molecule has 2 rings (SSSR count). The largest absolute Gasteiger partial charge is 0.510 e. The van der Waals surface area contributed by atoms with Crippen LogP contribution < -0.4 is 5.73 Å². The predicted octanol–water partition coefficient (Wildman–Crippen LogP) is 4.14. The maximum atomic E-state index is 11.7. The van der Waals surface area contributed by atoms with Crippen molar-refractivity contribution < 1.29 is 37.5 Å². The number of hydrogen-bond acceptors (Lipinski definition) is 12. The van der Waals surface area contributed by atoms with E-state index in [-0.39, 0.29) is 11.4 Å². The number of carbonyl (C=O) groups is 1. The molecule has 0 aliphatic carbocycles. The van der Waals surface area contributed by atoms with Crippen LogP contribution in [-0.4, -0.2) is 29.2 Å². The number of rotatable bonds is 9. The molecule has 31 heavy (non-hydrogen) atoms. The average Bonchev–Trinajstić information content (AvgIpc) is 2.71. The van der Waals surface area contributed by atoms with E-state index in [1.54, 1.807) is 24.3 Å². The molecule has 2 aromatic carbocycles. The lowest BCUT2D eigenvalue weighted by molar-refractivity contribution is -0.432. The molecule has 0 heterocycles. The highest BCUT2D eigenvalue weighted by molar-refractivity contribution is 7.94. The molecular weight excluding hydrogens is 454 g/mol. The standard InChI is InChI=1S/C16H15N5O8S2/c1-9(22)15(16(17)23)21-20-13-7-4-11(8-14(13)31(25,26)27)19-18-10-2-5-12(6-3-10)30-29-28-24/h2-8,22,24H,1H3,(H2,17,23)(H,25,26,27)/b15-9-,19-18?,21-20?. The highest BCUT2D eigenvalue weighted by Gasteiger charge is 2.17. The van der Waals surface area contributed by atoms with Gasteiger partial charge < -0.3 is 10.8 Å². The number of nitrogens with two attached hydrogens (primary N) is 1. The number of carbonyl (C=O) groups excluding carboxylic acids is 1. The molecule has 0 bridgehead atoms. The van der Waals surface area contributed by atoms with Gasteiger partial charge in [0.2, 0.25) is 0 Å². The van der Waals surface area contributed by atoms with Crippen LogP contribution in [0.3, 0.4) is 0 Å². The van der Waals surface area contributed by atoms with Crippen molar-refractivity contribution in [3.63, 3.8) is 0 Å². The summed E-state index contributed by atoms with van der Waals surface area (Å²) < 4.78 is 37.2. The number of nitrogens with zero attached hydrogens (tertiary/aromatic N) is 4. The van der Waals surface area contributed by atoms with Gasteiger partial charge in [0.15, 0.2) is 5.70 Å². The van der Waals surface area contributed by atoms with Gasteiger partial charge in [-0.1, -0.05) is 5.04 Å². The number of hydrogen-bond donors (Lipinski definition) is 4. The zero-order valence-electron chi connectivity index (χ0n) is 15.6. The summed E-state index contributed by atoms with van der Waals surface area (Å²) in [5.74, 6) is -1.60. The summed E-state index contributed by atoms with van der Waals surface area (Å²) in [6.45, 7) is 1.14. The maximum Gasteiger partial charge on any atom is 0.296 e. The molecule has 0 radical (unpaired) electrons. The second-order valence-electron chi connectivity index (χ2n) is 5.55. The van der Waals surface area contributed by atoms with Crippen molar-refractivity contribution in [1.29, 1.82) is 0 Å². The van der Waals surface area contributed by atoms with Crippen LogP contribution in [0, 0.1) is 0 Å². The molecule has 0 aliphatic heterocycles. The van der Waals surface area contributed by atoms with Crippen LogP contribution >= 0.6 is 12.0 Å². The van der Waals surface area contributed by atoms with Gasteiger partial charge in [0.25, 0.3) is 16.0 Å². The van der Waals surface area contributed by atoms with Crippen LogP contribution in [-0.2, 0) is 24.3 Å². The molecule has 0 spiro atoms. The fourth-order valence-corrected chi connectivity index (χ4v) is 3.00. The molecular formula is C16H15N5O8S2. The first-order valence-corrected chi connectivity index (χ1v) is 10.2. The Hall–Kier alpha value is -3.21. The van der Waals surface area contributed by atoms with E-state index >= 15 is 0 Å². The van der Waals surface area contributed by atoms with Crippen LogP contribution in [0.2, 0.25) is 0 Å². The zero-order valence-corrected chi connectivity index (χ0v) is 17.2. The highest BCUT2D eigenvalue weighted by atomic mass is 32.2. The lowest BCUT2D eigenvalue weighted by atomic mass is 10.3. The minimum atomic E-state index is -4.74. The van der Waals surface area contributed by atoms with Crippen LogP contribution in [0.25, 0.3) is 0 Å². The Morgan fingerprint density at radius 1 is 1.06 bits per heavy atom. The monoisotopic (exact) mass is 469 g/mol. The van der Waals surface area contributed by atoms with E-state index in [0.29, 0.717) is 10.6 Å². The van der Waals surface area contributed by atoms with Crippen molar-refractivity contribution in [3.8, 4) is 0 Å². The maximum absolute atomic E-state index is 11.7. The molecule has 0 aromatic heterocycles. The summed E-state index contributed by atoms with van der Waals surface area (Å²) >= 11 is 0.754. The average molecular weight is 469 g/mol. The lowest BCUT2D eigenvalue weighted by Crippen LogP contribution is -2.13. The Balaban J connectivity index is 2.32. The summed E-state index contributed by atoms with van der Waals surface area (Å²) in [6.07, 6.45) is 0. The number of amides is 1. The van der Waals surface area contributed by atoms with E-state index in [2.05, 4.69) is 29.8 Å². The third-order valence-corrected chi connectivity index (χ3v) is 4.81. The lowest BCUT2D eigenvalue weighted by Gasteiger charge is -2.03. The Kier molecular flexibility index (Phi) is 8.31. The fraction of sp³-hybridized carbons (Fsp3) is 0.0625. The Morgan fingerprint density at radius 2 is 1.68 bits per heavy atom. The first-order chi connectivity index (χ1) is 14.6. The van der Waals surface area contributed by atoms with Gasteiger partial charge in [0, 0.05) is 4.90 Å². The number of aliphatic hydroxyl groups is 1. The summed E-state index contributed by atoms with van der Waals surface area (Å²) in [7, 11) is -4.74. The molecule has 0 saturated carbocycles. The number of aliphatic hydroxyl groups excluding tert-OH is 1. The van der Waals surface area contributed by atoms with Gasteiger partial charge in [-0.25, -0.2) is 5.26 Å². The van der Waals surface area contributed by atoms with Crippen LogP contribution in [0.15, 0.2) is 84.2 Å². The van der Waals surface area contributed by atoms with Crippen LogP contribution in [0.5, 0.6) is 0 Å². The van der Waals surface area contributed by atoms with Crippen molar-refractivity contribution in [2.45, 2.75) is 16.7 Å². The van der Waals surface area contributed by atoms with E-state index in [1.807, 2.05) is 0 Å². The second kappa shape index (κ2) is 10.7. The minimum absolute atomic E-state index is 0.0612. The topological polar surface area (TPSA) is 206 Å². The van der Waals surface area contributed by atoms with Gasteiger partial charge in [0.05, 0.1) is 23.4 Å². The highest BCUT2D eigenvalue weighted by Crippen LogP contribution is 2.31. The van der Waals surface area contributed by atoms with Crippen LogP contribution in [0.1, 0.15) is 6.92 Å². The molecule has 0 unspecified atom stereocenters. The summed E-state index contributed by atoms with van der Waals surface area (Å²) in [5, 5.41) is 35.8. The Morgan fingerprint density at radius 3 is 2.23 bits per heavy atom. The van der Waals surface area contributed by atoms with E-state index < -0.39 is 32.4 Å². The molecule has 164 valence electrons. The number of benzene rings is 2. The van der Waals surface area contributed by atoms with Gasteiger partial charge in [-0.15, -0.1) is 14.6 Å². The van der Waals surface area contributed by atoms with Crippen LogP contribution in [0.4, 0.5) is 17.1 Å². The van der Waals surface area contributed by atoms with E-state index in [4.69, 9.17) is 11.0 Å². The first kappa shape index (κ1) is 24.1. The normalized spacial score (nSPS) is 13.0. The first-order valence-electron chi connectivity index (χ1n) is 8.01. The minimum Gasteiger partial charge on any atom is -0.510 e. The summed E-state index contributed by atoms with van der Waals surface area (Å²) in [6, 6.07) is 9.81. The number of allylic oxidation sites excluding steroid dienone is 1. The number of primary amides is 1. The summed E-state index contributed by atoms with van der Waals surface area (Å²) in [5.41, 5.74) is 4.61. The van der Waals surface area contributed by atoms with Crippen molar-refractivity contribution >= 4 is 45.1 Å².